The molecule has 37 heavy (non-hydrogen) atoms. The van der Waals surface area contributed by atoms with E-state index in [0.29, 0.717) is 5.56 Å². The summed E-state index contributed by atoms with van der Waals surface area (Å²) in [7, 11) is 1.21. The number of aromatic nitrogens is 1. The number of hydrogen-bond donors (Lipinski definition) is 3. The maximum absolute atomic E-state index is 13.2. The smallest absolute Gasteiger partial charge is 0.418 e. The summed E-state index contributed by atoms with van der Waals surface area (Å²) in [5.74, 6) is -2.75. The Bertz CT molecular complexity index is 1290. The number of carbonyl (C=O) groups is 3. The first kappa shape index (κ1) is 27.2. The summed E-state index contributed by atoms with van der Waals surface area (Å²) in [4.78, 5) is 36.5. The lowest BCUT2D eigenvalue weighted by Gasteiger charge is -2.18. The molecule has 3 rings (SSSR count). The molecule has 0 aliphatic carbocycles. The second-order valence-corrected chi connectivity index (χ2v) is 8.14. The summed E-state index contributed by atoms with van der Waals surface area (Å²) in [6.45, 7) is 3.47. The Morgan fingerprint density at radius 2 is 1.68 bits per heavy atom. The molecule has 196 valence electrons. The fourth-order valence-corrected chi connectivity index (χ4v) is 3.22. The van der Waals surface area contributed by atoms with Gasteiger partial charge in [0.15, 0.2) is 0 Å². The predicted octanol–water partition coefficient (Wildman–Crippen LogP) is 5.07. The van der Waals surface area contributed by atoms with E-state index in [1.165, 1.54) is 37.4 Å². The van der Waals surface area contributed by atoms with Gasteiger partial charge < -0.3 is 25.2 Å². The number of anilines is 2. The molecule has 0 saturated heterocycles. The zero-order valence-electron chi connectivity index (χ0n) is 19.8. The number of alkyl halides is 3. The predicted molar refractivity (Wildman–Crippen MR) is 124 cm³/mol. The lowest BCUT2D eigenvalue weighted by molar-refractivity contribution is -0.144. The summed E-state index contributed by atoms with van der Waals surface area (Å²) in [6.07, 6.45) is -4.87. The number of methoxy groups -OCH3 is 1. The third kappa shape index (κ3) is 6.84. The molecule has 1 heterocycles. The van der Waals surface area contributed by atoms with Crippen LogP contribution in [0.15, 0.2) is 53.1 Å². The van der Waals surface area contributed by atoms with Crippen molar-refractivity contribution in [3.8, 4) is 11.3 Å². The number of nitrogens with one attached hydrogen (secondary N) is 3. The van der Waals surface area contributed by atoms with Crippen LogP contribution >= 0.6 is 0 Å². The molecular weight excluding hydrogens is 500 g/mol. The van der Waals surface area contributed by atoms with Crippen LogP contribution in [0.5, 0.6) is 0 Å². The van der Waals surface area contributed by atoms with Crippen molar-refractivity contribution >= 4 is 29.3 Å². The van der Waals surface area contributed by atoms with E-state index in [4.69, 9.17) is 4.52 Å². The molecule has 0 unspecified atom stereocenters. The van der Waals surface area contributed by atoms with Gasteiger partial charge in [-0.25, -0.2) is 14.0 Å². The molecule has 3 aromatic rings. The number of ether oxygens (including phenoxy) is 1. The largest absolute Gasteiger partial charge is 0.467 e. The zero-order valence-corrected chi connectivity index (χ0v) is 19.8. The van der Waals surface area contributed by atoms with E-state index in [-0.39, 0.29) is 29.1 Å². The van der Waals surface area contributed by atoms with E-state index in [2.05, 4.69) is 20.5 Å². The summed E-state index contributed by atoms with van der Waals surface area (Å²) >= 11 is 0. The van der Waals surface area contributed by atoms with Crippen LogP contribution in [0.4, 0.5) is 33.7 Å². The van der Waals surface area contributed by atoms with E-state index in [0.717, 1.165) is 12.1 Å². The first-order valence-corrected chi connectivity index (χ1v) is 10.8. The normalized spacial score (nSPS) is 12.1. The average molecular weight is 522 g/mol. The highest BCUT2D eigenvalue weighted by atomic mass is 19.4. The molecule has 13 heteroatoms. The molecule has 0 aliphatic rings. The topological polar surface area (TPSA) is 123 Å². The van der Waals surface area contributed by atoms with Crippen LogP contribution in [0.3, 0.4) is 0 Å². The van der Waals surface area contributed by atoms with Crippen molar-refractivity contribution in [2.45, 2.75) is 26.1 Å². The Morgan fingerprint density at radius 1 is 1.00 bits per heavy atom. The summed E-state index contributed by atoms with van der Waals surface area (Å²) in [5.41, 5.74) is -0.920. The number of benzene rings is 2. The lowest BCUT2D eigenvalue weighted by Crippen LogP contribution is -2.44. The minimum Gasteiger partial charge on any atom is -0.467 e. The SMILES string of the molecule is COC(=O)[C@@H](NC(=O)c1cc(-c2ccc(NC(=O)Nc3ccc(F)cc3C(F)(F)F)cc2)no1)C(C)C. The third-order valence-electron chi connectivity index (χ3n) is 5.12. The minimum atomic E-state index is -4.87. The molecule has 3 N–H and O–H groups in total. The average Bonchev–Trinajstić information content (AvgIpc) is 3.33. The lowest BCUT2D eigenvalue weighted by atomic mass is 10.0. The standard InChI is InChI=1S/C24H22F4N4O5/c1-12(2)20(22(34)36-3)31-21(33)19-11-18(32-37-19)13-4-7-15(8-5-13)29-23(35)30-17-9-6-14(25)10-16(17)24(26,27)28/h4-12,20H,1-3H3,(H,31,33)(H2,29,30,35)/t20-/m0/s1. The molecule has 0 spiro atoms. The molecule has 0 radical (unpaired) electrons. The highest BCUT2D eigenvalue weighted by Gasteiger charge is 2.34. The fraction of sp³-hybridized carbons (Fsp3) is 0.250. The number of urea groups is 1. The van der Waals surface area contributed by atoms with Crippen LogP contribution in [0, 0.1) is 11.7 Å². The molecule has 0 bridgehead atoms. The second kappa shape index (κ2) is 11.1. The number of carbonyl (C=O) groups excluding carboxylic acids is 3. The summed E-state index contributed by atoms with van der Waals surface area (Å²) in [5, 5.41) is 10.8. The van der Waals surface area contributed by atoms with Gasteiger partial charge in [0.05, 0.1) is 18.4 Å². The molecular formula is C24H22F4N4O5. The molecule has 3 amide bonds. The van der Waals surface area contributed by atoms with Crippen molar-refractivity contribution in [1.29, 1.82) is 0 Å². The van der Waals surface area contributed by atoms with Crippen LogP contribution in [0.2, 0.25) is 0 Å². The molecule has 0 aliphatic heterocycles. The summed E-state index contributed by atoms with van der Waals surface area (Å²) in [6, 6.07) is 7.34. The van der Waals surface area contributed by atoms with Gasteiger partial charge in [0, 0.05) is 17.3 Å². The van der Waals surface area contributed by atoms with Gasteiger partial charge in [0.1, 0.15) is 17.6 Å². The van der Waals surface area contributed by atoms with Crippen LogP contribution in [0.1, 0.15) is 30.0 Å². The Balaban J connectivity index is 1.66. The number of hydrogen-bond acceptors (Lipinski definition) is 6. The van der Waals surface area contributed by atoms with Gasteiger partial charge in [-0.1, -0.05) is 31.1 Å². The summed E-state index contributed by atoms with van der Waals surface area (Å²) < 4.78 is 62.3. The number of rotatable bonds is 7. The number of nitrogens with zero attached hydrogens (tertiary/aromatic N) is 1. The van der Waals surface area contributed by atoms with Crippen molar-refractivity contribution in [3.05, 3.63) is 65.7 Å². The maximum Gasteiger partial charge on any atom is 0.418 e. The quantitative estimate of drug-likeness (QED) is 0.294. The van der Waals surface area contributed by atoms with Crippen molar-refractivity contribution in [3.63, 3.8) is 0 Å². The van der Waals surface area contributed by atoms with Crippen LogP contribution in [-0.4, -0.2) is 36.2 Å². The van der Waals surface area contributed by atoms with Crippen molar-refractivity contribution in [2.75, 3.05) is 17.7 Å². The highest BCUT2D eigenvalue weighted by molar-refractivity contribution is 6.00. The molecule has 2 aromatic carbocycles. The highest BCUT2D eigenvalue weighted by Crippen LogP contribution is 2.35. The van der Waals surface area contributed by atoms with Gasteiger partial charge in [0.25, 0.3) is 5.91 Å². The minimum absolute atomic E-state index is 0.147. The number of esters is 1. The van der Waals surface area contributed by atoms with Crippen LogP contribution < -0.4 is 16.0 Å². The number of halogens is 4. The maximum atomic E-state index is 13.2. The van der Waals surface area contributed by atoms with E-state index in [1.54, 1.807) is 13.8 Å². The molecule has 1 atom stereocenters. The zero-order chi connectivity index (χ0) is 27.3. The Hall–Kier alpha value is -4.42. The van der Waals surface area contributed by atoms with Crippen LogP contribution in [0.25, 0.3) is 11.3 Å². The Morgan fingerprint density at radius 3 is 2.27 bits per heavy atom. The van der Waals surface area contributed by atoms with Gasteiger partial charge in [-0.05, 0) is 36.2 Å². The molecule has 0 fully saturated rings. The van der Waals surface area contributed by atoms with E-state index < -0.39 is 47.2 Å². The van der Waals surface area contributed by atoms with Gasteiger partial charge in [0.2, 0.25) is 5.76 Å². The Kier molecular flexibility index (Phi) is 8.15. The molecule has 0 saturated carbocycles. The van der Waals surface area contributed by atoms with E-state index in [9.17, 15) is 31.9 Å². The first-order valence-electron chi connectivity index (χ1n) is 10.8. The number of amides is 3. The van der Waals surface area contributed by atoms with Crippen LogP contribution in [-0.2, 0) is 15.7 Å². The van der Waals surface area contributed by atoms with Crippen molar-refractivity contribution < 1.29 is 41.2 Å². The Labute approximate surface area is 208 Å². The van der Waals surface area contributed by atoms with Gasteiger partial charge in [-0.15, -0.1) is 0 Å². The van der Waals surface area contributed by atoms with Gasteiger partial charge in [-0.3, -0.25) is 4.79 Å². The third-order valence-corrected chi connectivity index (χ3v) is 5.12. The monoisotopic (exact) mass is 522 g/mol. The van der Waals surface area contributed by atoms with Crippen molar-refractivity contribution in [1.82, 2.24) is 10.5 Å². The molecule has 9 nitrogen and oxygen atoms in total. The second-order valence-electron chi connectivity index (χ2n) is 8.14. The fourth-order valence-electron chi connectivity index (χ4n) is 3.22. The van der Waals surface area contributed by atoms with Gasteiger partial charge in [-0.2, -0.15) is 13.2 Å². The van der Waals surface area contributed by atoms with Crippen molar-refractivity contribution in [2.24, 2.45) is 5.92 Å². The van der Waals surface area contributed by atoms with Gasteiger partial charge >= 0.3 is 18.2 Å². The molecule has 1 aromatic heterocycles. The van der Waals surface area contributed by atoms with E-state index >= 15 is 0 Å². The first-order chi connectivity index (χ1) is 17.4. The van der Waals surface area contributed by atoms with E-state index in [1.807, 2.05) is 5.32 Å².